The lowest BCUT2D eigenvalue weighted by Gasteiger charge is -2.15. The summed E-state index contributed by atoms with van der Waals surface area (Å²) in [5, 5.41) is 5.29. The number of fused-ring (bicyclic) bond motifs is 7. The van der Waals surface area contributed by atoms with Gasteiger partial charge in [-0.15, -0.1) is 11.3 Å². The average Bonchev–Trinajstić information content (AvgIpc) is 4.01. The van der Waals surface area contributed by atoms with Crippen LogP contribution in [0.3, 0.4) is 0 Å². The first kappa shape index (κ1) is 23.6. The van der Waals surface area contributed by atoms with Gasteiger partial charge in [-0.05, 0) is 64.8 Å². The Morgan fingerprint density at radius 2 is 1.23 bits per heavy atom. The normalized spacial score (nSPS) is 13.6. The van der Waals surface area contributed by atoms with Crippen LogP contribution in [-0.2, 0) is 0 Å². The van der Waals surface area contributed by atoms with Crippen molar-refractivity contribution in [2.45, 2.75) is 0 Å². The van der Waals surface area contributed by atoms with Gasteiger partial charge in [-0.2, -0.15) is 0 Å². The van der Waals surface area contributed by atoms with E-state index in [0.29, 0.717) is 22.9 Å². The average molecular weight is 704 g/mol. The molecule has 0 amide bonds. The Hall–Kier alpha value is -6.89. The van der Waals surface area contributed by atoms with Crippen LogP contribution in [-0.4, -0.2) is 19.5 Å². The Morgan fingerprint density at radius 3 is 2.19 bits per heavy atom. The maximum Gasteiger partial charge on any atom is 0.166 e. The van der Waals surface area contributed by atoms with E-state index < -0.39 is 12.1 Å². The molecule has 7 aromatic carbocycles. The predicted octanol–water partition coefficient (Wildman–Crippen LogP) is 12.8. The molecule has 4 heterocycles. The molecule has 0 unspecified atom stereocenters. The van der Waals surface area contributed by atoms with Gasteiger partial charge >= 0.3 is 0 Å². The molecule has 0 aliphatic heterocycles. The molecule has 11 aromatic rings. The largest absolute Gasteiger partial charge is 0.455 e. The molecular weight excluding hydrogens is 669 g/mol. The highest BCUT2D eigenvalue weighted by Gasteiger charge is 2.20. The SMILES string of the molecule is [2H]c1cc([2H])c2c(c1[2H])c1c([2H])c([2H])c([2H])c([2H])c1n2-c1ccccc1-c1nc(-c2cccc(-c3cccc4c3oc3ccccc34)c2)nc(-c2cccc3ccsc23)n1. The molecule has 0 radical (unpaired) electrons. The fourth-order valence-electron chi connectivity index (χ4n) is 7.28. The zero-order chi connectivity index (χ0) is 41.0. The molecule has 0 atom stereocenters. The molecule has 0 bridgehead atoms. The van der Waals surface area contributed by atoms with E-state index in [4.69, 9.17) is 29.0 Å². The second-order valence-electron chi connectivity index (χ2n) is 12.7. The monoisotopic (exact) mass is 703 g/mol. The number of nitrogens with zero attached hydrogens (tertiary/aromatic N) is 4. The van der Waals surface area contributed by atoms with E-state index >= 15 is 0 Å². The molecular formula is C47H28N4OS. The number of para-hydroxylation sites is 5. The van der Waals surface area contributed by atoms with Crippen LogP contribution in [0.25, 0.3) is 105 Å². The molecule has 4 aromatic heterocycles. The molecule has 0 aliphatic rings. The Bertz CT molecular complexity index is 3610. The van der Waals surface area contributed by atoms with Crippen molar-refractivity contribution in [1.29, 1.82) is 0 Å². The topological polar surface area (TPSA) is 56.7 Å². The van der Waals surface area contributed by atoms with Crippen molar-refractivity contribution in [3.63, 3.8) is 0 Å². The van der Waals surface area contributed by atoms with E-state index in [0.717, 1.165) is 54.3 Å². The summed E-state index contributed by atoms with van der Waals surface area (Å²) in [6.07, 6.45) is 0. The molecule has 6 heteroatoms. The maximum atomic E-state index is 9.12. The van der Waals surface area contributed by atoms with Gasteiger partial charge in [0, 0.05) is 48.5 Å². The van der Waals surface area contributed by atoms with Crippen LogP contribution >= 0.6 is 11.3 Å². The molecule has 53 heavy (non-hydrogen) atoms. The quantitative estimate of drug-likeness (QED) is 0.179. The number of hydrogen-bond donors (Lipinski definition) is 0. The summed E-state index contributed by atoms with van der Waals surface area (Å²) < 4.78 is 70.7. The van der Waals surface area contributed by atoms with Crippen molar-refractivity contribution in [3.05, 3.63) is 169 Å². The molecule has 0 fully saturated rings. The van der Waals surface area contributed by atoms with E-state index in [1.54, 1.807) is 28.0 Å². The molecule has 0 saturated carbocycles. The Kier molecular flexibility index (Phi) is 5.26. The second-order valence-corrected chi connectivity index (χ2v) is 13.6. The van der Waals surface area contributed by atoms with Crippen molar-refractivity contribution in [2.24, 2.45) is 0 Å². The summed E-state index contributed by atoms with van der Waals surface area (Å²) in [4.78, 5) is 15.4. The summed E-state index contributed by atoms with van der Waals surface area (Å²) >= 11 is 1.59. The van der Waals surface area contributed by atoms with Crippen LogP contribution in [0.1, 0.15) is 9.60 Å². The molecule has 0 saturated heterocycles. The Balaban J connectivity index is 1.18. The van der Waals surface area contributed by atoms with Crippen LogP contribution in [0.4, 0.5) is 0 Å². The smallest absolute Gasteiger partial charge is 0.166 e. The third kappa shape index (κ3) is 4.73. The van der Waals surface area contributed by atoms with Gasteiger partial charge in [0.05, 0.1) is 26.3 Å². The van der Waals surface area contributed by atoms with Crippen molar-refractivity contribution >= 4 is 65.2 Å². The van der Waals surface area contributed by atoms with Gasteiger partial charge in [0.1, 0.15) is 11.2 Å². The minimum Gasteiger partial charge on any atom is -0.455 e. The number of furan rings is 1. The lowest BCUT2D eigenvalue weighted by molar-refractivity contribution is 0.670. The zero-order valence-electron chi connectivity index (χ0n) is 34.7. The van der Waals surface area contributed by atoms with Crippen molar-refractivity contribution < 1.29 is 14.0 Å². The first-order valence-corrected chi connectivity index (χ1v) is 17.9. The summed E-state index contributed by atoms with van der Waals surface area (Å²) in [5.74, 6) is 1.12. The molecule has 248 valence electrons. The zero-order valence-corrected chi connectivity index (χ0v) is 28.5. The van der Waals surface area contributed by atoms with E-state index in [-0.39, 0.29) is 57.8 Å². The lowest BCUT2D eigenvalue weighted by atomic mass is 10.00. The maximum absolute atomic E-state index is 9.12. The number of hydrogen-bond acceptors (Lipinski definition) is 5. The highest BCUT2D eigenvalue weighted by molar-refractivity contribution is 7.17. The van der Waals surface area contributed by atoms with Crippen molar-refractivity contribution in [1.82, 2.24) is 19.5 Å². The first-order chi connectivity index (χ1) is 29.2. The van der Waals surface area contributed by atoms with Gasteiger partial charge in [-0.3, -0.25) is 0 Å². The van der Waals surface area contributed by atoms with E-state index in [1.165, 1.54) is 6.07 Å². The van der Waals surface area contributed by atoms with E-state index in [9.17, 15) is 0 Å². The van der Waals surface area contributed by atoms with Crippen LogP contribution in [0.15, 0.2) is 173 Å². The Morgan fingerprint density at radius 1 is 0.528 bits per heavy atom. The van der Waals surface area contributed by atoms with Crippen LogP contribution in [0, 0.1) is 0 Å². The van der Waals surface area contributed by atoms with Crippen LogP contribution < -0.4 is 0 Å². The summed E-state index contributed by atoms with van der Waals surface area (Å²) in [5.41, 5.74) is 6.13. The highest BCUT2D eigenvalue weighted by atomic mass is 32.1. The molecule has 0 spiro atoms. The molecule has 0 N–H and O–H groups in total. The van der Waals surface area contributed by atoms with Crippen molar-refractivity contribution in [2.75, 3.05) is 0 Å². The van der Waals surface area contributed by atoms with Gasteiger partial charge in [0.15, 0.2) is 17.5 Å². The summed E-state index contributed by atoms with van der Waals surface area (Å²) in [6, 6.07) is 36.5. The van der Waals surface area contributed by atoms with Crippen molar-refractivity contribution in [3.8, 4) is 51.0 Å². The fourth-order valence-corrected chi connectivity index (χ4v) is 8.19. The minimum atomic E-state index is -0.463. The van der Waals surface area contributed by atoms with Gasteiger partial charge in [-0.25, -0.2) is 15.0 Å². The summed E-state index contributed by atoms with van der Waals surface area (Å²) in [6.45, 7) is 0. The second kappa shape index (κ2) is 11.8. The number of aromatic nitrogens is 4. The predicted molar refractivity (Wildman–Crippen MR) is 219 cm³/mol. The Labute approximate surface area is 317 Å². The third-order valence-electron chi connectivity index (χ3n) is 9.66. The minimum absolute atomic E-state index is 0.0658. The molecule has 5 nitrogen and oxygen atoms in total. The van der Waals surface area contributed by atoms with Gasteiger partial charge in [-0.1, -0.05) is 115 Å². The van der Waals surface area contributed by atoms with Crippen LogP contribution in [0.2, 0.25) is 0 Å². The van der Waals surface area contributed by atoms with E-state index in [1.807, 2.05) is 90.3 Å². The highest BCUT2D eigenvalue weighted by Crippen LogP contribution is 2.39. The first-order valence-electron chi connectivity index (χ1n) is 20.5. The number of benzene rings is 7. The van der Waals surface area contributed by atoms with Crippen LogP contribution in [0.5, 0.6) is 0 Å². The number of thiophene rings is 1. The fraction of sp³-hybridized carbons (Fsp3) is 0. The molecule has 0 aliphatic carbocycles. The van der Waals surface area contributed by atoms with Gasteiger partial charge in [0.2, 0.25) is 0 Å². The summed E-state index contributed by atoms with van der Waals surface area (Å²) in [7, 11) is 0. The van der Waals surface area contributed by atoms with Gasteiger partial charge in [0.25, 0.3) is 0 Å². The number of rotatable bonds is 5. The molecule has 11 rings (SSSR count). The standard InChI is InChI=1S/C47H28N4OS/c1-5-22-39-33(15-1)34-16-2-6-23-40(34)51(39)41-24-7-3-18-37(41)46-48-45(49-47(50-46)38-21-10-12-29-26-27-53-44(29)38)31-14-9-13-30(28-31)32-19-11-20-36-35-17-4-8-25-42(35)52-43(32)36/h1-28H/i1D,2D,5D,15D,16D,22D,23D. The third-order valence-corrected chi connectivity index (χ3v) is 10.6. The van der Waals surface area contributed by atoms with E-state index in [2.05, 4.69) is 18.2 Å². The van der Waals surface area contributed by atoms with Gasteiger partial charge < -0.3 is 8.98 Å². The lowest BCUT2D eigenvalue weighted by Crippen LogP contribution is -2.03.